The van der Waals surface area contributed by atoms with Gasteiger partial charge in [-0.15, -0.1) is 0 Å². The molecule has 9 atom stereocenters. The van der Waals surface area contributed by atoms with E-state index in [1.165, 1.54) is 5.57 Å². The average molecular weight is 487 g/mol. The summed E-state index contributed by atoms with van der Waals surface area (Å²) in [6, 6.07) is 5.13. The first kappa shape index (κ1) is 24.4. The summed E-state index contributed by atoms with van der Waals surface area (Å²) in [6.45, 7) is 16.2. The first-order valence-electron chi connectivity index (χ1n) is 14.2. The molecule has 4 nitrogen and oxygen atoms in total. The van der Waals surface area contributed by atoms with Crippen LogP contribution in [-0.2, 0) is 9.53 Å². The van der Waals surface area contributed by atoms with E-state index in [-0.39, 0.29) is 51.0 Å². The van der Waals surface area contributed by atoms with Crippen molar-refractivity contribution in [2.24, 2.45) is 50.2 Å². The van der Waals surface area contributed by atoms with Crippen molar-refractivity contribution in [2.75, 3.05) is 0 Å². The van der Waals surface area contributed by atoms with Gasteiger partial charge < -0.3 is 4.74 Å². The zero-order valence-corrected chi connectivity index (χ0v) is 23.2. The Morgan fingerprint density at radius 1 is 0.972 bits per heavy atom. The van der Waals surface area contributed by atoms with Crippen molar-refractivity contribution < 1.29 is 9.53 Å². The highest BCUT2D eigenvalue weighted by Gasteiger charge is 2.72. The van der Waals surface area contributed by atoms with E-state index >= 15 is 0 Å². The summed E-state index contributed by atoms with van der Waals surface area (Å²) in [5.74, 6) is 0.870. The van der Waals surface area contributed by atoms with Crippen LogP contribution in [0.5, 0.6) is 0 Å². The van der Waals surface area contributed by atoms with Gasteiger partial charge >= 0.3 is 0 Å². The molecule has 4 heteroatoms. The number of rotatable bonds is 0. The Balaban J connectivity index is 1.52. The Labute approximate surface area is 217 Å². The lowest BCUT2D eigenvalue weighted by Gasteiger charge is -2.66. The van der Waals surface area contributed by atoms with Crippen molar-refractivity contribution in [3.05, 3.63) is 23.3 Å². The van der Waals surface area contributed by atoms with E-state index in [9.17, 15) is 15.3 Å². The molecule has 0 radical (unpaired) electrons. The quantitative estimate of drug-likeness (QED) is 0.275. The monoisotopic (exact) mass is 486 g/mol. The minimum atomic E-state index is -0.566. The third-order valence-corrected chi connectivity index (χ3v) is 12.8. The minimum Gasteiger partial charge on any atom is -0.365 e. The van der Waals surface area contributed by atoms with Gasteiger partial charge in [-0.1, -0.05) is 66.2 Å². The molecule has 0 aromatic rings. The van der Waals surface area contributed by atoms with Crippen LogP contribution in [0.4, 0.5) is 0 Å². The molecule has 0 spiro atoms. The van der Waals surface area contributed by atoms with Gasteiger partial charge in [0, 0.05) is 10.8 Å². The van der Waals surface area contributed by atoms with Gasteiger partial charge in [-0.05, 0) is 78.9 Å². The second-order valence-electron chi connectivity index (χ2n) is 15.3. The van der Waals surface area contributed by atoms with Gasteiger partial charge in [0.25, 0.3) is 0 Å². The van der Waals surface area contributed by atoms with Crippen LogP contribution in [0.2, 0.25) is 0 Å². The van der Waals surface area contributed by atoms with E-state index < -0.39 is 5.41 Å². The highest BCUT2D eigenvalue weighted by Crippen LogP contribution is 2.75. The molecule has 1 saturated heterocycles. The van der Waals surface area contributed by atoms with Crippen molar-refractivity contribution in [3.8, 4) is 12.1 Å². The zero-order chi connectivity index (χ0) is 26.1. The highest BCUT2D eigenvalue weighted by atomic mass is 16.6. The first-order valence-corrected chi connectivity index (χ1v) is 14.2. The third-order valence-electron chi connectivity index (χ3n) is 12.8. The number of hydrogen-bond donors (Lipinski definition) is 0. The van der Waals surface area contributed by atoms with E-state index in [0.29, 0.717) is 17.4 Å². The number of nitrogens with zero attached hydrogens (tertiary/aromatic N) is 2. The number of epoxide rings is 1. The van der Waals surface area contributed by atoms with Crippen LogP contribution >= 0.6 is 0 Å². The predicted molar refractivity (Wildman–Crippen MR) is 138 cm³/mol. The normalized spacial score (nSPS) is 51.8. The maximum absolute atomic E-state index is 13.3. The average Bonchev–Trinajstić information content (AvgIpc) is 3.57. The number of carbonyl (C=O) groups excluding carboxylic acids is 1. The predicted octanol–water partition coefficient (Wildman–Crippen LogP) is 6.93. The molecule has 4 fully saturated rings. The van der Waals surface area contributed by atoms with Crippen molar-refractivity contribution in [3.63, 3.8) is 0 Å². The fourth-order valence-electron chi connectivity index (χ4n) is 10.5. The van der Waals surface area contributed by atoms with Crippen molar-refractivity contribution >= 4 is 5.78 Å². The summed E-state index contributed by atoms with van der Waals surface area (Å²) >= 11 is 0. The number of ketones is 1. The number of hydrogen-bond acceptors (Lipinski definition) is 4. The van der Waals surface area contributed by atoms with E-state index in [2.05, 4.69) is 66.7 Å². The van der Waals surface area contributed by atoms with Crippen LogP contribution < -0.4 is 0 Å². The van der Waals surface area contributed by atoms with Crippen LogP contribution in [0.3, 0.4) is 0 Å². The summed E-state index contributed by atoms with van der Waals surface area (Å²) in [7, 11) is 0. The third kappa shape index (κ3) is 2.76. The number of ether oxygens (including phenoxy) is 1. The Morgan fingerprint density at radius 2 is 1.67 bits per heavy atom. The molecule has 3 unspecified atom stereocenters. The van der Waals surface area contributed by atoms with Gasteiger partial charge in [0.15, 0.2) is 5.78 Å². The molecule has 0 amide bonds. The molecule has 0 N–H and O–H groups in total. The number of allylic oxidation sites excluding steroid dienone is 3. The minimum absolute atomic E-state index is 0.00385. The second kappa shape index (κ2) is 6.94. The summed E-state index contributed by atoms with van der Waals surface area (Å²) in [5, 5.41) is 20.5. The Kier molecular flexibility index (Phi) is 4.71. The van der Waals surface area contributed by atoms with Gasteiger partial charge in [0.2, 0.25) is 0 Å². The molecular weight excluding hydrogens is 444 g/mol. The van der Waals surface area contributed by atoms with Gasteiger partial charge in [-0.25, -0.2) is 0 Å². The smallest absolute Gasteiger partial charge is 0.178 e. The second-order valence-corrected chi connectivity index (χ2v) is 15.3. The molecule has 1 aliphatic heterocycles. The van der Waals surface area contributed by atoms with Crippen LogP contribution in [0.25, 0.3) is 0 Å². The molecule has 6 rings (SSSR count). The number of carbonyl (C=O) groups is 1. The van der Waals surface area contributed by atoms with Crippen LogP contribution in [-0.4, -0.2) is 18.0 Å². The van der Waals surface area contributed by atoms with Crippen LogP contribution in [0.1, 0.15) is 93.4 Å². The largest absolute Gasteiger partial charge is 0.365 e. The molecule has 36 heavy (non-hydrogen) atoms. The summed E-state index contributed by atoms with van der Waals surface area (Å²) in [4.78, 5) is 13.3. The maximum atomic E-state index is 13.3. The van der Waals surface area contributed by atoms with Crippen molar-refractivity contribution in [1.29, 1.82) is 10.5 Å². The molecule has 192 valence electrons. The summed E-state index contributed by atoms with van der Waals surface area (Å²) in [6.07, 6.45) is 12.0. The molecule has 0 aromatic carbocycles. The number of nitriles is 2. The van der Waals surface area contributed by atoms with Gasteiger partial charge in [0.1, 0.15) is 12.2 Å². The molecule has 0 bridgehead atoms. The highest BCUT2D eigenvalue weighted by molar-refractivity contribution is 6.04. The topological polar surface area (TPSA) is 77.2 Å². The Bertz CT molecular complexity index is 1200. The fourth-order valence-corrected chi connectivity index (χ4v) is 10.5. The van der Waals surface area contributed by atoms with Gasteiger partial charge in [-0.2, -0.15) is 10.5 Å². The lowest BCUT2D eigenvalue weighted by Crippen LogP contribution is -2.61. The molecule has 5 aliphatic carbocycles. The van der Waals surface area contributed by atoms with Crippen LogP contribution in [0, 0.1) is 72.9 Å². The SMILES string of the molecule is CC1(C)CC[C@]2(C#N)CC[C@]3(C)[C@H](C4OC4C=C4[C@@]5(C)C=C(C#N)C(=O)C(C)(C)C5CC[C@]43C)[C@H]2C1. The lowest BCUT2D eigenvalue weighted by atomic mass is 9.36. The molecule has 1 heterocycles. The number of fused-ring (bicyclic) bond motifs is 9. The zero-order valence-electron chi connectivity index (χ0n) is 23.2. The summed E-state index contributed by atoms with van der Waals surface area (Å²) in [5.41, 5.74) is 0.775. The lowest BCUT2D eigenvalue weighted by molar-refractivity contribution is -0.147. The van der Waals surface area contributed by atoms with Crippen molar-refractivity contribution in [2.45, 2.75) is 106 Å². The van der Waals surface area contributed by atoms with Crippen LogP contribution in [0.15, 0.2) is 23.3 Å². The van der Waals surface area contributed by atoms with Crippen molar-refractivity contribution in [1.82, 2.24) is 0 Å². The molecule has 6 aliphatic rings. The summed E-state index contributed by atoms with van der Waals surface area (Å²) < 4.78 is 6.51. The fraction of sp³-hybridized carbons (Fsp3) is 0.781. The van der Waals surface area contributed by atoms with Gasteiger partial charge in [0.05, 0.1) is 23.2 Å². The molecular formula is C32H42N2O2. The molecule has 0 aromatic heterocycles. The standard InChI is InChI=1S/C32H42N2O2/c1-27(2)10-12-32(18-34)13-11-31(7)24(20(32)16-27)25-21(36-25)14-23-29(5)15-19(17-33)26(35)28(3,4)22(29)8-9-30(23,31)6/h14-15,20-22,24-25H,8-13,16H2,1-7H3/t20-,21?,22?,24+,25?,29+,30-,31-,32-/m1/s1. The first-order chi connectivity index (χ1) is 16.7. The number of Topliss-reactive ketones (excluding diaryl/α,β-unsaturated/α-hetero) is 1. The van der Waals surface area contributed by atoms with E-state index in [1.54, 1.807) is 0 Å². The maximum Gasteiger partial charge on any atom is 0.178 e. The van der Waals surface area contributed by atoms with Gasteiger partial charge in [-0.3, -0.25) is 4.79 Å². The van der Waals surface area contributed by atoms with E-state index in [1.807, 2.05) is 6.08 Å². The Hall–Kier alpha value is -1.91. The molecule has 3 saturated carbocycles. The Morgan fingerprint density at radius 3 is 2.33 bits per heavy atom. The van der Waals surface area contributed by atoms with E-state index in [4.69, 9.17) is 4.74 Å². The van der Waals surface area contributed by atoms with E-state index in [0.717, 1.165) is 44.9 Å².